The lowest BCUT2D eigenvalue weighted by Gasteiger charge is -2.15. The fourth-order valence-corrected chi connectivity index (χ4v) is 1.61. The number of allylic oxidation sites excluding steroid dienone is 2. The molecule has 0 spiro atoms. The number of esters is 2. The van der Waals surface area contributed by atoms with Crippen LogP contribution in [0.3, 0.4) is 0 Å². The van der Waals surface area contributed by atoms with Gasteiger partial charge < -0.3 is 9.47 Å². The molecule has 1 rings (SSSR count). The predicted octanol–water partition coefficient (Wildman–Crippen LogP) is 1.41. The molecule has 0 aliphatic heterocycles. The van der Waals surface area contributed by atoms with Crippen molar-refractivity contribution in [1.29, 1.82) is 0 Å². The molecule has 0 amide bonds. The highest BCUT2D eigenvalue weighted by atomic mass is 32.1. The van der Waals surface area contributed by atoms with Crippen molar-refractivity contribution in [3.8, 4) is 0 Å². The van der Waals surface area contributed by atoms with Crippen molar-refractivity contribution in [2.24, 2.45) is 4.99 Å². The highest BCUT2D eigenvalue weighted by Crippen LogP contribution is 2.26. The van der Waals surface area contributed by atoms with Crippen LogP contribution in [0.1, 0.15) is 12.8 Å². The van der Waals surface area contributed by atoms with Crippen LogP contribution in [0.15, 0.2) is 27.9 Å². The van der Waals surface area contributed by atoms with Crippen molar-refractivity contribution < 1.29 is 19.1 Å². The molecule has 1 aliphatic rings. The number of hydrogen-bond donors (Lipinski definition) is 0. The van der Waals surface area contributed by atoms with Crippen LogP contribution in [0, 0.1) is 0 Å². The molecular weight excluding hydrogens is 242 g/mol. The first kappa shape index (κ1) is 13.3. The number of hydrogen-bond acceptors (Lipinski definition) is 6. The number of carbonyl (C=O) groups excluding carboxylic acids is 2. The zero-order valence-corrected chi connectivity index (χ0v) is 10.3. The summed E-state index contributed by atoms with van der Waals surface area (Å²) in [6, 6.07) is 0. The Balaban J connectivity index is 3.08. The zero-order chi connectivity index (χ0) is 12.8. The normalized spacial score (nSPS) is 14.6. The van der Waals surface area contributed by atoms with Gasteiger partial charge in [-0.05, 0) is 12.2 Å². The maximum atomic E-state index is 11.5. The Bertz CT molecular complexity index is 458. The molecule has 0 radical (unpaired) electrons. The second-order valence-corrected chi connectivity index (χ2v) is 3.40. The first-order valence-corrected chi connectivity index (χ1v) is 5.20. The van der Waals surface area contributed by atoms with Gasteiger partial charge in [-0.15, -0.1) is 0 Å². The van der Waals surface area contributed by atoms with Crippen molar-refractivity contribution in [2.75, 3.05) is 14.2 Å². The molecule has 17 heavy (non-hydrogen) atoms. The van der Waals surface area contributed by atoms with Crippen LogP contribution in [0.4, 0.5) is 0 Å². The summed E-state index contributed by atoms with van der Waals surface area (Å²) in [5.74, 6) is -1.09. The summed E-state index contributed by atoms with van der Waals surface area (Å²) in [7, 11) is 2.52. The van der Waals surface area contributed by atoms with Gasteiger partial charge >= 0.3 is 11.9 Å². The third-order valence-corrected chi connectivity index (χ3v) is 2.41. The molecule has 1 aliphatic carbocycles. The van der Waals surface area contributed by atoms with E-state index < -0.39 is 11.9 Å². The summed E-state index contributed by atoms with van der Waals surface area (Å²) in [5, 5.41) is 2.22. The molecule has 6 heteroatoms. The predicted molar refractivity (Wildman–Crippen MR) is 63.4 cm³/mol. The molecule has 0 aromatic carbocycles. The summed E-state index contributed by atoms with van der Waals surface area (Å²) < 4.78 is 9.23. The van der Waals surface area contributed by atoms with Crippen LogP contribution in [0.5, 0.6) is 0 Å². The lowest BCUT2D eigenvalue weighted by atomic mass is 9.95. The van der Waals surface area contributed by atoms with Gasteiger partial charge in [-0.25, -0.2) is 9.59 Å². The van der Waals surface area contributed by atoms with Crippen molar-refractivity contribution in [1.82, 2.24) is 0 Å². The molecule has 0 aromatic rings. The fraction of sp³-hybridized carbons (Fsp3) is 0.364. The number of ether oxygens (including phenoxy) is 2. The highest BCUT2D eigenvalue weighted by Gasteiger charge is 2.25. The molecular formula is C11H11NO4S. The van der Waals surface area contributed by atoms with Gasteiger partial charge in [-0.1, -0.05) is 6.08 Å². The summed E-state index contributed by atoms with van der Waals surface area (Å²) in [5.41, 5.74) is 1.14. The van der Waals surface area contributed by atoms with Crippen LogP contribution in [0.25, 0.3) is 0 Å². The standard InChI is InChI=1S/C11H11NO4S/c1-15-10(13)8-4-3-7(12-6-17)5-9(8)11(14)16-2/h3H,4-5H2,1-2H3. The van der Waals surface area contributed by atoms with Crippen molar-refractivity contribution in [3.63, 3.8) is 0 Å². The Kier molecular flexibility index (Phi) is 4.75. The Morgan fingerprint density at radius 3 is 2.41 bits per heavy atom. The van der Waals surface area contributed by atoms with E-state index in [1.165, 1.54) is 14.2 Å². The number of nitrogens with zero attached hydrogens (tertiary/aromatic N) is 1. The van der Waals surface area contributed by atoms with Gasteiger partial charge in [0, 0.05) is 12.8 Å². The van der Waals surface area contributed by atoms with Crippen LogP contribution in [0.2, 0.25) is 0 Å². The second kappa shape index (κ2) is 6.08. The average Bonchev–Trinajstić information content (AvgIpc) is 2.37. The molecule has 0 saturated carbocycles. The van der Waals surface area contributed by atoms with E-state index in [1.54, 1.807) is 6.08 Å². The molecule has 5 nitrogen and oxygen atoms in total. The van der Waals surface area contributed by atoms with Crippen LogP contribution < -0.4 is 0 Å². The van der Waals surface area contributed by atoms with Gasteiger partial charge in [0.05, 0.1) is 36.2 Å². The minimum atomic E-state index is -0.560. The van der Waals surface area contributed by atoms with Crippen LogP contribution in [-0.2, 0) is 19.1 Å². The van der Waals surface area contributed by atoms with E-state index in [1.807, 2.05) is 0 Å². The number of methoxy groups -OCH3 is 2. The number of carbonyl (C=O) groups is 2. The van der Waals surface area contributed by atoms with Gasteiger partial charge in [0.25, 0.3) is 0 Å². The number of aliphatic imine (C=N–C) groups is 1. The summed E-state index contributed by atoms with van der Waals surface area (Å²) in [6.07, 6.45) is 2.17. The quantitative estimate of drug-likeness (QED) is 0.432. The van der Waals surface area contributed by atoms with E-state index in [-0.39, 0.29) is 18.4 Å². The Labute approximate surface area is 104 Å². The minimum Gasteiger partial charge on any atom is -0.466 e. The molecule has 0 fully saturated rings. The number of rotatable bonds is 3. The highest BCUT2D eigenvalue weighted by molar-refractivity contribution is 7.78. The molecule has 90 valence electrons. The van der Waals surface area contributed by atoms with Crippen molar-refractivity contribution in [3.05, 3.63) is 22.9 Å². The molecule has 0 N–H and O–H groups in total. The summed E-state index contributed by atoms with van der Waals surface area (Å²) in [4.78, 5) is 26.8. The van der Waals surface area contributed by atoms with Crippen molar-refractivity contribution in [2.45, 2.75) is 12.8 Å². The van der Waals surface area contributed by atoms with E-state index in [9.17, 15) is 9.59 Å². The zero-order valence-electron chi connectivity index (χ0n) is 9.48. The Hall–Kier alpha value is -1.78. The first-order valence-electron chi connectivity index (χ1n) is 4.79. The number of thiocarbonyl (C=S) groups is 1. The van der Waals surface area contributed by atoms with Gasteiger partial charge in [-0.3, -0.25) is 0 Å². The van der Waals surface area contributed by atoms with Gasteiger partial charge in [0.1, 0.15) is 0 Å². The molecule has 0 heterocycles. The lowest BCUT2D eigenvalue weighted by molar-refractivity contribution is -0.139. The van der Waals surface area contributed by atoms with Gasteiger partial charge in [-0.2, -0.15) is 4.99 Å². The van der Waals surface area contributed by atoms with Gasteiger partial charge in [0.2, 0.25) is 0 Å². The molecule has 0 aromatic heterocycles. The monoisotopic (exact) mass is 253 g/mol. The second-order valence-electron chi connectivity index (χ2n) is 3.22. The van der Waals surface area contributed by atoms with Crippen LogP contribution >= 0.6 is 12.2 Å². The first-order chi connectivity index (χ1) is 8.13. The average molecular weight is 253 g/mol. The Morgan fingerprint density at radius 2 is 1.88 bits per heavy atom. The Morgan fingerprint density at radius 1 is 1.29 bits per heavy atom. The smallest absolute Gasteiger partial charge is 0.334 e. The SMILES string of the molecule is COC(=O)C1=C(C(=O)OC)CC(N=C=S)=CC1. The van der Waals surface area contributed by atoms with Gasteiger partial charge in [0.15, 0.2) is 0 Å². The lowest BCUT2D eigenvalue weighted by Crippen LogP contribution is -2.17. The van der Waals surface area contributed by atoms with Crippen LogP contribution in [-0.4, -0.2) is 31.3 Å². The van der Waals surface area contributed by atoms with E-state index >= 15 is 0 Å². The van der Waals surface area contributed by atoms with Crippen molar-refractivity contribution >= 4 is 29.3 Å². The molecule has 0 unspecified atom stereocenters. The maximum Gasteiger partial charge on any atom is 0.334 e. The summed E-state index contributed by atoms with van der Waals surface area (Å²) in [6.45, 7) is 0. The molecule has 0 saturated heterocycles. The molecule has 0 atom stereocenters. The number of isothiocyanates is 1. The third kappa shape index (κ3) is 3.09. The fourth-order valence-electron chi connectivity index (χ4n) is 1.50. The minimum absolute atomic E-state index is 0.195. The van der Waals surface area contributed by atoms with E-state index in [0.717, 1.165) is 0 Å². The maximum absolute atomic E-state index is 11.5. The largest absolute Gasteiger partial charge is 0.466 e. The summed E-state index contributed by atoms with van der Waals surface area (Å²) >= 11 is 4.49. The van der Waals surface area contributed by atoms with E-state index in [2.05, 4.69) is 31.8 Å². The molecule has 0 bridgehead atoms. The van der Waals surface area contributed by atoms with E-state index in [4.69, 9.17) is 0 Å². The third-order valence-electron chi connectivity index (χ3n) is 2.32. The topological polar surface area (TPSA) is 65.0 Å². The van der Waals surface area contributed by atoms with E-state index in [0.29, 0.717) is 11.3 Å².